The highest BCUT2D eigenvalue weighted by Gasteiger charge is 2.33. The number of aliphatic hydroxyl groups excluding tert-OH is 1. The lowest BCUT2D eigenvalue weighted by Crippen LogP contribution is -2.39. The summed E-state index contributed by atoms with van der Waals surface area (Å²) in [7, 11) is -2.14. The molecule has 1 aliphatic carbocycles. The topological polar surface area (TPSA) is 104 Å². The van der Waals surface area contributed by atoms with Crippen molar-refractivity contribution in [3.63, 3.8) is 0 Å². The summed E-state index contributed by atoms with van der Waals surface area (Å²) in [4.78, 5) is 0.155. The number of sulfonamides is 1. The zero-order valence-corrected chi connectivity index (χ0v) is 12.3. The first kappa shape index (κ1) is 15.1. The zero-order valence-electron chi connectivity index (χ0n) is 11.5. The number of nitrogen functional groups attached to an aromatic ring is 1. The van der Waals surface area contributed by atoms with Gasteiger partial charge in [0.15, 0.2) is 0 Å². The van der Waals surface area contributed by atoms with Crippen LogP contribution in [0.1, 0.15) is 25.7 Å². The van der Waals surface area contributed by atoms with Crippen LogP contribution in [0.4, 0.5) is 11.4 Å². The second-order valence-corrected chi connectivity index (χ2v) is 7.11. The minimum Gasteiger partial charge on any atom is -0.397 e. The Balaban J connectivity index is 2.34. The molecule has 0 amide bonds. The largest absolute Gasteiger partial charge is 0.397 e. The van der Waals surface area contributed by atoms with Crippen LogP contribution in [-0.2, 0) is 10.0 Å². The van der Waals surface area contributed by atoms with Crippen LogP contribution in [0.2, 0.25) is 0 Å². The summed E-state index contributed by atoms with van der Waals surface area (Å²) >= 11 is 0. The van der Waals surface area contributed by atoms with Crippen molar-refractivity contribution < 1.29 is 13.5 Å². The van der Waals surface area contributed by atoms with Gasteiger partial charge in [-0.15, -0.1) is 0 Å². The number of nitrogens with two attached hydrogens (primary N) is 1. The first-order chi connectivity index (χ1) is 9.42. The number of aliphatic hydroxyl groups is 1. The van der Waals surface area contributed by atoms with Crippen molar-refractivity contribution in [2.24, 2.45) is 0 Å². The van der Waals surface area contributed by atoms with E-state index in [0.717, 1.165) is 25.7 Å². The summed E-state index contributed by atoms with van der Waals surface area (Å²) in [6, 6.07) is 4.54. The van der Waals surface area contributed by atoms with E-state index in [1.54, 1.807) is 6.07 Å². The van der Waals surface area contributed by atoms with E-state index in [9.17, 15) is 13.5 Å². The van der Waals surface area contributed by atoms with Gasteiger partial charge in [0.1, 0.15) is 0 Å². The van der Waals surface area contributed by atoms with E-state index in [0.29, 0.717) is 11.4 Å². The molecule has 0 atom stereocenters. The first-order valence-corrected chi connectivity index (χ1v) is 8.13. The fraction of sp³-hybridized carbons (Fsp3) is 0.538. The van der Waals surface area contributed by atoms with E-state index in [-0.39, 0.29) is 11.5 Å². The zero-order chi connectivity index (χ0) is 14.8. The summed E-state index contributed by atoms with van der Waals surface area (Å²) < 4.78 is 25.9. The molecule has 0 heterocycles. The van der Waals surface area contributed by atoms with Gasteiger partial charge in [-0.25, -0.2) is 13.1 Å². The molecule has 1 aromatic rings. The number of benzene rings is 1. The van der Waals surface area contributed by atoms with Crippen LogP contribution in [0.3, 0.4) is 0 Å². The van der Waals surface area contributed by atoms with E-state index in [1.165, 1.54) is 19.2 Å². The number of hydrogen-bond acceptors (Lipinski definition) is 5. The lowest BCUT2D eigenvalue weighted by Gasteiger charge is -2.30. The fourth-order valence-electron chi connectivity index (χ4n) is 2.59. The van der Waals surface area contributed by atoms with Gasteiger partial charge in [0.2, 0.25) is 10.0 Å². The Morgan fingerprint density at radius 2 is 2.00 bits per heavy atom. The quantitative estimate of drug-likeness (QED) is 0.605. The second-order valence-electron chi connectivity index (χ2n) is 5.23. The lowest BCUT2D eigenvalue weighted by atomic mass is 9.98. The number of nitrogens with one attached hydrogen (secondary N) is 2. The molecule has 5 N–H and O–H groups in total. The third-order valence-electron chi connectivity index (χ3n) is 3.87. The van der Waals surface area contributed by atoms with Gasteiger partial charge < -0.3 is 16.2 Å². The molecule has 0 unspecified atom stereocenters. The molecule has 0 saturated heterocycles. The van der Waals surface area contributed by atoms with Gasteiger partial charge in [-0.05, 0) is 38.1 Å². The first-order valence-electron chi connectivity index (χ1n) is 6.65. The Morgan fingerprint density at radius 3 is 2.55 bits per heavy atom. The molecule has 1 fully saturated rings. The van der Waals surface area contributed by atoms with Crippen LogP contribution in [-0.4, -0.2) is 32.7 Å². The Labute approximate surface area is 119 Å². The standard InChI is InChI=1S/C13H21N3O3S/c1-15-20(18,19)10-4-5-11(14)12(8-10)16-13(9-17)6-2-3-7-13/h4-5,8,15-17H,2-3,6-7,9,14H2,1H3. The minimum atomic E-state index is -3.51. The molecule has 112 valence electrons. The van der Waals surface area contributed by atoms with Gasteiger partial charge in [-0.2, -0.15) is 0 Å². The Kier molecular flexibility index (Phi) is 4.22. The van der Waals surface area contributed by atoms with Crippen LogP contribution in [0.25, 0.3) is 0 Å². The molecule has 1 aromatic carbocycles. The van der Waals surface area contributed by atoms with E-state index in [1.807, 2.05) is 0 Å². The highest BCUT2D eigenvalue weighted by atomic mass is 32.2. The average Bonchev–Trinajstić information content (AvgIpc) is 2.90. The summed E-state index contributed by atoms with van der Waals surface area (Å²) in [6.45, 7) is 0.00937. The molecule has 1 aliphatic rings. The Morgan fingerprint density at radius 1 is 1.35 bits per heavy atom. The van der Waals surface area contributed by atoms with Crippen molar-refractivity contribution in [1.82, 2.24) is 4.72 Å². The van der Waals surface area contributed by atoms with E-state index in [4.69, 9.17) is 5.73 Å². The summed E-state index contributed by atoms with van der Waals surface area (Å²) in [5, 5.41) is 12.9. The third kappa shape index (κ3) is 2.89. The van der Waals surface area contributed by atoms with Crippen molar-refractivity contribution in [1.29, 1.82) is 0 Å². The molecule has 0 bridgehead atoms. The normalized spacial score (nSPS) is 18.1. The van der Waals surface area contributed by atoms with Crippen molar-refractivity contribution in [3.8, 4) is 0 Å². The maximum atomic E-state index is 11.8. The van der Waals surface area contributed by atoms with Gasteiger partial charge in [0, 0.05) is 0 Å². The van der Waals surface area contributed by atoms with Gasteiger partial charge >= 0.3 is 0 Å². The molecule has 7 heteroatoms. The molecule has 20 heavy (non-hydrogen) atoms. The lowest BCUT2D eigenvalue weighted by molar-refractivity contribution is 0.214. The molecular formula is C13H21N3O3S. The maximum Gasteiger partial charge on any atom is 0.240 e. The number of anilines is 2. The van der Waals surface area contributed by atoms with E-state index < -0.39 is 15.6 Å². The van der Waals surface area contributed by atoms with Crippen LogP contribution in [0.15, 0.2) is 23.1 Å². The minimum absolute atomic E-state index is 0.00937. The molecule has 0 aromatic heterocycles. The SMILES string of the molecule is CNS(=O)(=O)c1ccc(N)c(NC2(CO)CCCC2)c1. The average molecular weight is 299 g/mol. The highest BCUT2D eigenvalue weighted by Crippen LogP contribution is 2.35. The summed E-state index contributed by atoms with van der Waals surface area (Å²) in [5.41, 5.74) is 6.54. The van der Waals surface area contributed by atoms with Crippen molar-refractivity contribution in [3.05, 3.63) is 18.2 Å². The Bertz CT molecular complexity index is 581. The monoisotopic (exact) mass is 299 g/mol. The third-order valence-corrected chi connectivity index (χ3v) is 5.28. The van der Waals surface area contributed by atoms with Gasteiger partial charge in [-0.3, -0.25) is 0 Å². The van der Waals surface area contributed by atoms with Gasteiger partial charge in [-0.1, -0.05) is 12.8 Å². The summed E-state index contributed by atoms with van der Waals surface area (Å²) in [5.74, 6) is 0. The molecule has 6 nitrogen and oxygen atoms in total. The molecule has 1 saturated carbocycles. The second kappa shape index (κ2) is 5.59. The van der Waals surface area contributed by atoms with Crippen molar-refractivity contribution in [2.75, 3.05) is 24.7 Å². The van der Waals surface area contributed by atoms with Gasteiger partial charge in [0.05, 0.1) is 28.4 Å². The number of rotatable bonds is 5. The predicted molar refractivity (Wildman–Crippen MR) is 79.0 cm³/mol. The van der Waals surface area contributed by atoms with Crippen LogP contribution in [0.5, 0.6) is 0 Å². The smallest absolute Gasteiger partial charge is 0.240 e. The van der Waals surface area contributed by atoms with E-state index in [2.05, 4.69) is 10.0 Å². The van der Waals surface area contributed by atoms with Crippen molar-refractivity contribution in [2.45, 2.75) is 36.1 Å². The van der Waals surface area contributed by atoms with E-state index >= 15 is 0 Å². The number of hydrogen-bond donors (Lipinski definition) is 4. The fourth-order valence-corrected chi connectivity index (χ4v) is 3.34. The molecule has 0 aliphatic heterocycles. The predicted octanol–water partition coefficient (Wildman–Crippen LogP) is 0.894. The molecule has 0 spiro atoms. The van der Waals surface area contributed by atoms with Crippen LogP contribution >= 0.6 is 0 Å². The Hall–Kier alpha value is -1.31. The molecule has 0 radical (unpaired) electrons. The highest BCUT2D eigenvalue weighted by molar-refractivity contribution is 7.89. The molecular weight excluding hydrogens is 278 g/mol. The van der Waals surface area contributed by atoms with Crippen molar-refractivity contribution >= 4 is 21.4 Å². The van der Waals surface area contributed by atoms with Crippen LogP contribution < -0.4 is 15.8 Å². The van der Waals surface area contributed by atoms with Gasteiger partial charge in [0.25, 0.3) is 0 Å². The maximum absolute atomic E-state index is 11.8. The summed E-state index contributed by atoms with van der Waals surface area (Å²) in [6.07, 6.45) is 3.79. The molecule has 2 rings (SSSR count). The van der Waals surface area contributed by atoms with Crippen LogP contribution in [0, 0.1) is 0 Å².